The van der Waals surface area contributed by atoms with Gasteiger partial charge in [0.2, 0.25) is 5.88 Å². The van der Waals surface area contributed by atoms with Crippen LogP contribution in [0.1, 0.15) is 27.8 Å². The van der Waals surface area contributed by atoms with Crippen molar-refractivity contribution in [2.24, 2.45) is 0 Å². The van der Waals surface area contributed by atoms with Gasteiger partial charge in [-0.1, -0.05) is 23.7 Å². The SMILES string of the molecule is Cc1ccc(C)c(Oc2nnc(Cl)c(C)c2C)c1C. The van der Waals surface area contributed by atoms with Crippen LogP contribution in [-0.4, -0.2) is 10.2 Å². The standard InChI is InChI=1S/C15H17ClN2O/c1-8-6-7-9(2)13(10(8)3)19-15-12(5)11(4)14(16)17-18-15/h6-7H,1-5H3. The zero-order chi connectivity index (χ0) is 14.2. The predicted molar refractivity (Wildman–Crippen MR) is 77.2 cm³/mol. The Balaban J connectivity index is 2.48. The normalized spacial score (nSPS) is 10.6. The number of rotatable bonds is 2. The summed E-state index contributed by atoms with van der Waals surface area (Å²) >= 11 is 5.95. The summed E-state index contributed by atoms with van der Waals surface area (Å²) in [5.74, 6) is 1.36. The van der Waals surface area contributed by atoms with E-state index in [0.29, 0.717) is 11.0 Å². The Bertz CT molecular complexity index is 639. The number of halogens is 1. The Labute approximate surface area is 118 Å². The Morgan fingerprint density at radius 1 is 0.842 bits per heavy atom. The third-order valence-corrected chi connectivity index (χ3v) is 3.85. The summed E-state index contributed by atoms with van der Waals surface area (Å²) in [7, 11) is 0. The predicted octanol–water partition coefficient (Wildman–Crippen LogP) is 4.46. The highest BCUT2D eigenvalue weighted by molar-refractivity contribution is 6.30. The molecule has 0 fully saturated rings. The number of benzene rings is 1. The van der Waals surface area contributed by atoms with Crippen molar-refractivity contribution in [3.8, 4) is 11.6 Å². The van der Waals surface area contributed by atoms with Crippen LogP contribution in [0.25, 0.3) is 0 Å². The van der Waals surface area contributed by atoms with Crippen molar-refractivity contribution in [2.45, 2.75) is 34.6 Å². The molecule has 0 amide bonds. The minimum absolute atomic E-state index is 0.419. The summed E-state index contributed by atoms with van der Waals surface area (Å²) in [6.07, 6.45) is 0. The van der Waals surface area contributed by atoms with E-state index in [-0.39, 0.29) is 0 Å². The van der Waals surface area contributed by atoms with E-state index in [2.05, 4.69) is 23.2 Å². The molecule has 0 N–H and O–H groups in total. The number of nitrogens with zero attached hydrogens (tertiary/aromatic N) is 2. The summed E-state index contributed by atoms with van der Waals surface area (Å²) in [6.45, 7) is 9.98. The minimum Gasteiger partial charge on any atom is -0.437 e. The van der Waals surface area contributed by atoms with Crippen molar-refractivity contribution in [1.82, 2.24) is 10.2 Å². The third kappa shape index (κ3) is 2.56. The molecule has 0 aliphatic carbocycles. The van der Waals surface area contributed by atoms with E-state index in [0.717, 1.165) is 28.0 Å². The van der Waals surface area contributed by atoms with E-state index in [1.54, 1.807) is 0 Å². The molecule has 3 nitrogen and oxygen atoms in total. The Morgan fingerprint density at radius 2 is 1.47 bits per heavy atom. The van der Waals surface area contributed by atoms with Crippen LogP contribution in [0.3, 0.4) is 0 Å². The van der Waals surface area contributed by atoms with Gasteiger partial charge in [0.05, 0.1) is 0 Å². The quantitative estimate of drug-likeness (QED) is 0.812. The molecule has 0 aliphatic heterocycles. The maximum Gasteiger partial charge on any atom is 0.242 e. The van der Waals surface area contributed by atoms with Crippen molar-refractivity contribution in [3.05, 3.63) is 45.1 Å². The van der Waals surface area contributed by atoms with Crippen molar-refractivity contribution in [1.29, 1.82) is 0 Å². The second-order valence-corrected chi connectivity index (χ2v) is 5.16. The largest absolute Gasteiger partial charge is 0.437 e. The monoisotopic (exact) mass is 276 g/mol. The Kier molecular flexibility index (Phi) is 3.76. The first kappa shape index (κ1) is 13.8. The summed E-state index contributed by atoms with van der Waals surface area (Å²) < 4.78 is 5.96. The van der Waals surface area contributed by atoms with Gasteiger partial charge in [-0.3, -0.25) is 0 Å². The van der Waals surface area contributed by atoms with Gasteiger partial charge in [-0.15, -0.1) is 10.2 Å². The molecular weight excluding hydrogens is 260 g/mol. The zero-order valence-corrected chi connectivity index (χ0v) is 12.6. The highest BCUT2D eigenvalue weighted by atomic mass is 35.5. The molecule has 19 heavy (non-hydrogen) atoms. The number of hydrogen-bond donors (Lipinski definition) is 0. The lowest BCUT2D eigenvalue weighted by Crippen LogP contribution is -2.00. The van der Waals surface area contributed by atoms with Gasteiger partial charge in [0.15, 0.2) is 5.15 Å². The van der Waals surface area contributed by atoms with Gasteiger partial charge < -0.3 is 4.74 Å². The molecule has 0 spiro atoms. The average molecular weight is 277 g/mol. The third-order valence-electron chi connectivity index (χ3n) is 3.49. The number of aromatic nitrogens is 2. The molecule has 1 aromatic carbocycles. The summed E-state index contributed by atoms with van der Waals surface area (Å²) in [5, 5.41) is 8.37. The molecule has 0 unspecified atom stereocenters. The second kappa shape index (κ2) is 5.17. The Hall–Kier alpha value is -1.61. The van der Waals surface area contributed by atoms with Crippen molar-refractivity contribution in [2.75, 3.05) is 0 Å². The van der Waals surface area contributed by atoms with E-state index < -0.39 is 0 Å². The zero-order valence-electron chi connectivity index (χ0n) is 11.8. The van der Waals surface area contributed by atoms with Gasteiger partial charge in [-0.25, -0.2) is 0 Å². The number of hydrogen-bond acceptors (Lipinski definition) is 3. The van der Waals surface area contributed by atoms with Crippen LogP contribution in [0.5, 0.6) is 11.6 Å². The van der Waals surface area contributed by atoms with E-state index >= 15 is 0 Å². The van der Waals surface area contributed by atoms with Crippen LogP contribution >= 0.6 is 11.6 Å². The summed E-state index contributed by atoms with van der Waals surface area (Å²) in [5.41, 5.74) is 5.21. The van der Waals surface area contributed by atoms with Crippen LogP contribution in [0.4, 0.5) is 0 Å². The second-order valence-electron chi connectivity index (χ2n) is 4.80. The molecule has 0 bridgehead atoms. The first-order chi connectivity index (χ1) is 8.91. The van der Waals surface area contributed by atoms with Crippen LogP contribution in [0.15, 0.2) is 12.1 Å². The lowest BCUT2D eigenvalue weighted by Gasteiger charge is -2.14. The summed E-state index contributed by atoms with van der Waals surface area (Å²) in [4.78, 5) is 0. The van der Waals surface area contributed by atoms with Crippen LogP contribution in [-0.2, 0) is 0 Å². The lowest BCUT2D eigenvalue weighted by molar-refractivity contribution is 0.443. The van der Waals surface area contributed by atoms with Crippen molar-refractivity contribution in [3.63, 3.8) is 0 Å². The maximum atomic E-state index is 5.96. The lowest BCUT2D eigenvalue weighted by atomic mass is 10.1. The first-order valence-electron chi connectivity index (χ1n) is 6.16. The van der Waals surface area contributed by atoms with Gasteiger partial charge in [0.25, 0.3) is 0 Å². The Morgan fingerprint density at radius 3 is 2.16 bits per heavy atom. The fraction of sp³-hybridized carbons (Fsp3) is 0.333. The molecule has 0 aliphatic rings. The van der Waals surface area contributed by atoms with Gasteiger partial charge >= 0.3 is 0 Å². The molecule has 0 radical (unpaired) electrons. The molecule has 1 aromatic heterocycles. The maximum absolute atomic E-state index is 5.96. The topological polar surface area (TPSA) is 35.0 Å². The van der Waals surface area contributed by atoms with Crippen molar-refractivity contribution >= 4 is 11.6 Å². The molecule has 0 saturated carbocycles. The molecule has 0 saturated heterocycles. The fourth-order valence-corrected chi connectivity index (χ4v) is 2.01. The van der Waals surface area contributed by atoms with Crippen LogP contribution < -0.4 is 4.74 Å². The average Bonchev–Trinajstić information content (AvgIpc) is 2.39. The number of aryl methyl sites for hydroxylation is 2. The van der Waals surface area contributed by atoms with Crippen LogP contribution in [0.2, 0.25) is 5.15 Å². The smallest absolute Gasteiger partial charge is 0.242 e. The molecular formula is C15H17ClN2O. The first-order valence-corrected chi connectivity index (χ1v) is 6.53. The van der Waals surface area contributed by atoms with Crippen LogP contribution in [0, 0.1) is 34.6 Å². The minimum atomic E-state index is 0.419. The summed E-state index contributed by atoms with van der Waals surface area (Å²) in [6, 6.07) is 4.13. The van der Waals surface area contributed by atoms with E-state index in [9.17, 15) is 0 Å². The molecule has 1 heterocycles. The fourth-order valence-electron chi connectivity index (χ4n) is 1.83. The van der Waals surface area contributed by atoms with Gasteiger partial charge in [0, 0.05) is 5.56 Å². The molecule has 100 valence electrons. The van der Waals surface area contributed by atoms with E-state index in [4.69, 9.17) is 16.3 Å². The molecule has 2 rings (SSSR count). The number of ether oxygens (including phenoxy) is 1. The molecule has 2 aromatic rings. The van der Waals surface area contributed by atoms with Gasteiger partial charge in [-0.05, 0) is 56.9 Å². The van der Waals surface area contributed by atoms with E-state index in [1.165, 1.54) is 5.56 Å². The van der Waals surface area contributed by atoms with Gasteiger partial charge in [-0.2, -0.15) is 0 Å². The van der Waals surface area contributed by atoms with E-state index in [1.807, 2.05) is 33.8 Å². The highest BCUT2D eigenvalue weighted by Gasteiger charge is 2.13. The molecule has 4 heteroatoms. The van der Waals surface area contributed by atoms with Gasteiger partial charge in [0.1, 0.15) is 5.75 Å². The molecule has 0 atom stereocenters. The highest BCUT2D eigenvalue weighted by Crippen LogP contribution is 2.32. The van der Waals surface area contributed by atoms with Crippen molar-refractivity contribution < 1.29 is 4.74 Å².